The van der Waals surface area contributed by atoms with Crippen LogP contribution in [0, 0.1) is 0 Å². The van der Waals surface area contributed by atoms with Crippen LogP contribution in [0.3, 0.4) is 0 Å². The van der Waals surface area contributed by atoms with Gasteiger partial charge in [0.1, 0.15) is 5.75 Å². The highest BCUT2D eigenvalue weighted by atomic mass is 16.5. The first kappa shape index (κ1) is 21.0. The zero-order valence-electron chi connectivity index (χ0n) is 17.4. The minimum Gasteiger partial charge on any atom is -0.497 e. The van der Waals surface area contributed by atoms with E-state index in [9.17, 15) is 5.11 Å². The van der Waals surface area contributed by atoms with Crippen molar-refractivity contribution in [2.75, 3.05) is 51.3 Å². The van der Waals surface area contributed by atoms with Gasteiger partial charge >= 0.3 is 0 Å². The van der Waals surface area contributed by atoms with Gasteiger partial charge < -0.3 is 25.0 Å². The zero-order valence-corrected chi connectivity index (χ0v) is 17.4. The molecular formula is C23H32N4O2. The van der Waals surface area contributed by atoms with Gasteiger partial charge in [0.25, 0.3) is 0 Å². The lowest BCUT2D eigenvalue weighted by atomic mass is 10.1. The fraction of sp³-hybridized carbons (Fsp3) is 0.435. The van der Waals surface area contributed by atoms with Crippen molar-refractivity contribution in [1.29, 1.82) is 0 Å². The summed E-state index contributed by atoms with van der Waals surface area (Å²) in [6, 6.07) is 18.3. The summed E-state index contributed by atoms with van der Waals surface area (Å²) in [6.45, 7) is 6.89. The fourth-order valence-corrected chi connectivity index (χ4v) is 3.55. The number of nitrogens with one attached hydrogen (secondary N) is 1. The molecule has 0 bridgehead atoms. The summed E-state index contributed by atoms with van der Waals surface area (Å²) in [5, 5.41) is 13.8. The number of benzene rings is 2. The van der Waals surface area contributed by atoms with Gasteiger partial charge in [-0.1, -0.05) is 36.4 Å². The monoisotopic (exact) mass is 396 g/mol. The molecule has 0 amide bonds. The zero-order chi connectivity index (χ0) is 20.5. The first-order valence-electron chi connectivity index (χ1n) is 10.3. The summed E-state index contributed by atoms with van der Waals surface area (Å²) in [4.78, 5) is 9.34. The van der Waals surface area contributed by atoms with Crippen molar-refractivity contribution in [1.82, 2.24) is 10.2 Å². The van der Waals surface area contributed by atoms with Crippen LogP contribution in [0.1, 0.15) is 12.5 Å². The molecule has 0 spiro atoms. The Bertz CT molecular complexity index is 773. The third-order valence-electron chi connectivity index (χ3n) is 5.10. The molecule has 1 unspecified atom stereocenters. The second-order valence-corrected chi connectivity index (χ2v) is 7.21. The van der Waals surface area contributed by atoms with Gasteiger partial charge in [-0.2, -0.15) is 0 Å². The van der Waals surface area contributed by atoms with Gasteiger partial charge in [0, 0.05) is 50.9 Å². The van der Waals surface area contributed by atoms with E-state index in [1.807, 2.05) is 42.5 Å². The quantitative estimate of drug-likeness (QED) is 0.556. The Morgan fingerprint density at radius 2 is 1.86 bits per heavy atom. The largest absolute Gasteiger partial charge is 0.497 e. The Labute approximate surface area is 173 Å². The van der Waals surface area contributed by atoms with Crippen molar-refractivity contribution < 1.29 is 9.84 Å². The average molecular weight is 397 g/mol. The number of anilines is 1. The third-order valence-corrected chi connectivity index (χ3v) is 5.10. The number of aliphatic imine (C=N–C) groups is 1. The number of aliphatic hydroxyl groups excluding tert-OH is 1. The van der Waals surface area contributed by atoms with Crippen LogP contribution in [-0.4, -0.2) is 68.4 Å². The van der Waals surface area contributed by atoms with Crippen LogP contribution in [0.2, 0.25) is 0 Å². The number of hydrogen-bond donors (Lipinski definition) is 2. The van der Waals surface area contributed by atoms with Gasteiger partial charge in [0.05, 0.1) is 19.8 Å². The summed E-state index contributed by atoms with van der Waals surface area (Å²) in [5.74, 6) is 1.76. The summed E-state index contributed by atoms with van der Waals surface area (Å²) in [5.41, 5.74) is 2.32. The van der Waals surface area contributed by atoms with E-state index in [1.54, 1.807) is 7.11 Å². The topological polar surface area (TPSA) is 60.3 Å². The van der Waals surface area contributed by atoms with Crippen molar-refractivity contribution in [3.8, 4) is 5.75 Å². The molecule has 2 aromatic rings. The lowest BCUT2D eigenvalue weighted by Gasteiger charge is -2.37. The van der Waals surface area contributed by atoms with Crippen LogP contribution in [0.15, 0.2) is 59.6 Å². The molecule has 1 aliphatic heterocycles. The number of piperazine rings is 1. The van der Waals surface area contributed by atoms with E-state index in [0.29, 0.717) is 13.0 Å². The minimum absolute atomic E-state index is 0.396. The SMILES string of the molecule is CCNC(=NCC(O)Cc1ccccc1)N1CCN(c2cccc(OC)c2)CC1. The predicted molar refractivity (Wildman–Crippen MR) is 119 cm³/mol. The van der Waals surface area contributed by atoms with Crippen molar-refractivity contribution >= 4 is 11.6 Å². The number of guanidine groups is 1. The third kappa shape index (κ3) is 6.12. The van der Waals surface area contributed by atoms with Gasteiger partial charge in [-0.05, 0) is 24.6 Å². The standard InChI is InChI=1S/C23H32N4O2/c1-3-24-23(25-18-21(28)16-19-8-5-4-6-9-19)27-14-12-26(13-15-27)20-10-7-11-22(17-20)29-2/h4-11,17,21,28H,3,12-16,18H2,1-2H3,(H,24,25). The van der Waals surface area contributed by atoms with E-state index in [2.05, 4.69) is 34.2 Å². The maximum absolute atomic E-state index is 10.4. The molecule has 2 N–H and O–H groups in total. The molecule has 3 rings (SSSR count). The molecule has 1 atom stereocenters. The predicted octanol–water partition coefficient (Wildman–Crippen LogP) is 2.39. The van der Waals surface area contributed by atoms with Crippen molar-refractivity contribution in [2.24, 2.45) is 4.99 Å². The molecule has 2 aromatic carbocycles. The molecule has 0 aliphatic carbocycles. The van der Waals surface area contributed by atoms with Crippen molar-refractivity contribution in [2.45, 2.75) is 19.4 Å². The Kier molecular flexibility index (Phi) is 7.76. The van der Waals surface area contributed by atoms with Crippen molar-refractivity contribution in [3.05, 3.63) is 60.2 Å². The molecule has 6 nitrogen and oxygen atoms in total. The highest BCUT2D eigenvalue weighted by Gasteiger charge is 2.20. The number of aliphatic hydroxyl groups is 1. The Balaban J connectivity index is 1.56. The molecule has 0 aromatic heterocycles. The normalized spacial score (nSPS) is 15.9. The second kappa shape index (κ2) is 10.7. The lowest BCUT2D eigenvalue weighted by Crippen LogP contribution is -2.52. The first-order valence-corrected chi connectivity index (χ1v) is 10.3. The van der Waals surface area contributed by atoms with Crippen LogP contribution in [0.5, 0.6) is 5.75 Å². The van der Waals surface area contributed by atoms with Gasteiger partial charge in [-0.3, -0.25) is 4.99 Å². The highest BCUT2D eigenvalue weighted by Crippen LogP contribution is 2.22. The number of rotatable bonds is 7. The fourth-order valence-electron chi connectivity index (χ4n) is 3.55. The molecule has 1 fully saturated rings. The first-order chi connectivity index (χ1) is 14.2. The average Bonchev–Trinajstić information content (AvgIpc) is 2.77. The van der Waals surface area contributed by atoms with Crippen molar-refractivity contribution in [3.63, 3.8) is 0 Å². The van der Waals surface area contributed by atoms with E-state index < -0.39 is 6.10 Å². The van der Waals surface area contributed by atoms with E-state index in [1.165, 1.54) is 5.69 Å². The van der Waals surface area contributed by atoms with Crippen LogP contribution in [-0.2, 0) is 6.42 Å². The summed E-state index contributed by atoms with van der Waals surface area (Å²) in [6.07, 6.45) is 0.136. The molecule has 1 saturated heterocycles. The summed E-state index contributed by atoms with van der Waals surface area (Å²) >= 11 is 0. The van der Waals surface area contributed by atoms with Gasteiger partial charge in [0.15, 0.2) is 5.96 Å². The second-order valence-electron chi connectivity index (χ2n) is 7.21. The Morgan fingerprint density at radius 1 is 1.10 bits per heavy atom. The Morgan fingerprint density at radius 3 is 2.55 bits per heavy atom. The highest BCUT2D eigenvalue weighted by molar-refractivity contribution is 5.80. The van der Waals surface area contributed by atoms with E-state index >= 15 is 0 Å². The van der Waals surface area contributed by atoms with Gasteiger partial charge in [-0.15, -0.1) is 0 Å². The summed E-state index contributed by atoms with van der Waals surface area (Å²) in [7, 11) is 1.70. The molecule has 6 heteroatoms. The molecule has 156 valence electrons. The van der Waals surface area contributed by atoms with E-state index in [4.69, 9.17) is 9.73 Å². The van der Waals surface area contributed by atoms with E-state index in [-0.39, 0.29) is 0 Å². The maximum Gasteiger partial charge on any atom is 0.194 e. The van der Waals surface area contributed by atoms with E-state index in [0.717, 1.165) is 50.0 Å². The molecule has 1 heterocycles. The number of nitrogens with zero attached hydrogens (tertiary/aromatic N) is 3. The van der Waals surface area contributed by atoms with Gasteiger partial charge in [-0.25, -0.2) is 0 Å². The number of hydrogen-bond acceptors (Lipinski definition) is 4. The molecular weight excluding hydrogens is 364 g/mol. The van der Waals surface area contributed by atoms with Crippen LogP contribution < -0.4 is 15.0 Å². The maximum atomic E-state index is 10.4. The van der Waals surface area contributed by atoms with Crippen LogP contribution >= 0.6 is 0 Å². The smallest absolute Gasteiger partial charge is 0.194 e. The number of methoxy groups -OCH3 is 1. The molecule has 0 saturated carbocycles. The van der Waals surface area contributed by atoms with Gasteiger partial charge in [0.2, 0.25) is 0 Å². The lowest BCUT2D eigenvalue weighted by molar-refractivity contribution is 0.183. The number of ether oxygens (including phenoxy) is 1. The van der Waals surface area contributed by atoms with Crippen LogP contribution in [0.4, 0.5) is 5.69 Å². The summed E-state index contributed by atoms with van der Waals surface area (Å²) < 4.78 is 5.34. The molecule has 29 heavy (non-hydrogen) atoms. The van der Waals surface area contributed by atoms with Crippen LogP contribution in [0.25, 0.3) is 0 Å². The molecule has 1 aliphatic rings. The minimum atomic E-state index is -0.482. The molecule has 0 radical (unpaired) electrons. The Hall–Kier alpha value is -2.73.